The molecule has 1 aliphatic rings. The average molecular weight is 314 g/mol. The fourth-order valence-electron chi connectivity index (χ4n) is 2.23. The number of carbonyl (C=O) groups is 1. The van der Waals surface area contributed by atoms with Crippen molar-refractivity contribution in [3.8, 4) is 0 Å². The molecule has 1 atom stereocenters. The maximum atomic E-state index is 13.1. The van der Waals surface area contributed by atoms with Crippen LogP contribution in [0.5, 0.6) is 0 Å². The van der Waals surface area contributed by atoms with E-state index in [2.05, 4.69) is 10.6 Å². The van der Waals surface area contributed by atoms with E-state index in [1.54, 1.807) is 32.9 Å². The van der Waals surface area contributed by atoms with E-state index >= 15 is 0 Å². The summed E-state index contributed by atoms with van der Waals surface area (Å²) in [5.74, 6) is 0.471. The van der Waals surface area contributed by atoms with Gasteiger partial charge < -0.3 is 24.1 Å². The van der Waals surface area contributed by atoms with Crippen molar-refractivity contribution in [2.24, 2.45) is 0 Å². The SMILES string of the molecule is CCOP(=O)(OCC)C1=C(C)NC(=O)NC1c1ccco1. The number of hydrogen-bond donors (Lipinski definition) is 2. The average Bonchev–Trinajstić information content (AvgIpc) is 2.91. The second-order valence-electron chi connectivity index (χ2n) is 4.39. The van der Waals surface area contributed by atoms with Crippen LogP contribution in [0.2, 0.25) is 0 Å². The Morgan fingerprint density at radius 3 is 2.52 bits per heavy atom. The maximum absolute atomic E-state index is 13.1. The van der Waals surface area contributed by atoms with E-state index in [9.17, 15) is 9.36 Å². The Labute approximate surface area is 123 Å². The van der Waals surface area contributed by atoms with Crippen LogP contribution in [0.3, 0.4) is 0 Å². The molecular formula is C13H19N2O5P. The van der Waals surface area contributed by atoms with Gasteiger partial charge in [0.25, 0.3) is 0 Å². The van der Waals surface area contributed by atoms with Crippen molar-refractivity contribution in [1.82, 2.24) is 10.6 Å². The predicted octanol–water partition coefficient (Wildman–Crippen LogP) is 3.13. The van der Waals surface area contributed by atoms with Gasteiger partial charge in [-0.15, -0.1) is 0 Å². The Morgan fingerprint density at radius 2 is 2.00 bits per heavy atom. The normalized spacial score (nSPS) is 19.4. The molecule has 8 heteroatoms. The Morgan fingerprint density at radius 1 is 1.33 bits per heavy atom. The lowest BCUT2D eigenvalue weighted by Crippen LogP contribution is -2.43. The molecule has 0 saturated heterocycles. The highest BCUT2D eigenvalue weighted by molar-refractivity contribution is 7.58. The lowest BCUT2D eigenvalue weighted by Gasteiger charge is -2.31. The highest BCUT2D eigenvalue weighted by Gasteiger charge is 2.42. The third kappa shape index (κ3) is 3.20. The van der Waals surface area contributed by atoms with Gasteiger partial charge in [0.2, 0.25) is 0 Å². The largest absolute Gasteiger partial charge is 0.467 e. The van der Waals surface area contributed by atoms with Crippen molar-refractivity contribution in [3.63, 3.8) is 0 Å². The lowest BCUT2D eigenvalue weighted by molar-refractivity contribution is 0.219. The molecule has 0 fully saturated rings. The van der Waals surface area contributed by atoms with E-state index < -0.39 is 19.7 Å². The molecule has 0 saturated carbocycles. The molecule has 0 aromatic carbocycles. The summed E-state index contributed by atoms with van der Waals surface area (Å²) >= 11 is 0. The quantitative estimate of drug-likeness (QED) is 0.787. The Kier molecular flexibility index (Phi) is 4.88. The van der Waals surface area contributed by atoms with Crippen LogP contribution in [0.4, 0.5) is 4.79 Å². The molecule has 1 unspecified atom stereocenters. The van der Waals surface area contributed by atoms with Crippen LogP contribution in [-0.4, -0.2) is 19.2 Å². The van der Waals surface area contributed by atoms with Gasteiger partial charge >= 0.3 is 13.6 Å². The van der Waals surface area contributed by atoms with Crippen LogP contribution in [0.25, 0.3) is 0 Å². The summed E-state index contributed by atoms with van der Waals surface area (Å²) in [6.07, 6.45) is 1.49. The van der Waals surface area contributed by atoms with Gasteiger partial charge in [-0.25, -0.2) is 4.79 Å². The molecule has 2 N–H and O–H groups in total. The Bertz CT molecular complexity index is 571. The summed E-state index contributed by atoms with van der Waals surface area (Å²) in [5, 5.41) is 5.65. The van der Waals surface area contributed by atoms with Crippen molar-refractivity contribution in [2.45, 2.75) is 26.8 Å². The van der Waals surface area contributed by atoms with Gasteiger partial charge in [0.15, 0.2) is 0 Å². The molecule has 1 aromatic heterocycles. The molecule has 0 bridgehead atoms. The minimum absolute atomic E-state index is 0.229. The van der Waals surface area contributed by atoms with Gasteiger partial charge in [-0.3, -0.25) is 4.57 Å². The number of urea groups is 1. The molecule has 21 heavy (non-hydrogen) atoms. The van der Waals surface area contributed by atoms with Gasteiger partial charge in [0.05, 0.1) is 24.8 Å². The van der Waals surface area contributed by atoms with Crippen molar-refractivity contribution >= 4 is 13.6 Å². The third-order valence-electron chi connectivity index (χ3n) is 2.95. The second-order valence-corrected chi connectivity index (χ2v) is 6.38. The van der Waals surface area contributed by atoms with Crippen molar-refractivity contribution in [1.29, 1.82) is 0 Å². The van der Waals surface area contributed by atoms with E-state index in [0.29, 0.717) is 16.8 Å². The molecule has 1 aliphatic heterocycles. The van der Waals surface area contributed by atoms with Crippen LogP contribution < -0.4 is 10.6 Å². The lowest BCUT2D eigenvalue weighted by atomic mass is 10.1. The van der Waals surface area contributed by atoms with E-state index in [4.69, 9.17) is 13.5 Å². The zero-order chi connectivity index (χ0) is 15.5. The number of nitrogens with one attached hydrogen (secondary N) is 2. The number of allylic oxidation sites excluding steroid dienone is 1. The van der Waals surface area contributed by atoms with Crippen molar-refractivity contribution in [2.75, 3.05) is 13.2 Å². The van der Waals surface area contributed by atoms with E-state index in [1.165, 1.54) is 6.26 Å². The molecule has 0 aliphatic carbocycles. The first-order valence-electron chi connectivity index (χ1n) is 6.73. The first-order chi connectivity index (χ1) is 10.0. The fraction of sp³-hybridized carbons (Fsp3) is 0.462. The van der Waals surface area contributed by atoms with Crippen LogP contribution in [-0.2, 0) is 13.6 Å². The highest BCUT2D eigenvalue weighted by atomic mass is 31.2. The minimum atomic E-state index is -3.53. The summed E-state index contributed by atoms with van der Waals surface area (Å²) in [6, 6.07) is 2.32. The van der Waals surface area contributed by atoms with Gasteiger partial charge in [0.1, 0.15) is 11.8 Å². The molecule has 7 nitrogen and oxygen atoms in total. The Hall–Kier alpha value is -1.56. The first-order valence-corrected chi connectivity index (χ1v) is 8.27. The molecule has 2 rings (SSSR count). The molecule has 116 valence electrons. The third-order valence-corrected chi connectivity index (χ3v) is 5.33. The van der Waals surface area contributed by atoms with Crippen LogP contribution in [0.1, 0.15) is 32.6 Å². The standard InChI is InChI=1S/C13H19N2O5P/c1-4-19-21(17,20-5-2)12-9(3)14-13(16)15-11(12)10-7-6-8-18-10/h6-8,11H,4-5H2,1-3H3,(H2,14,15,16). The van der Waals surface area contributed by atoms with Gasteiger partial charge in [0, 0.05) is 5.70 Å². The topological polar surface area (TPSA) is 89.8 Å². The Balaban J connectivity index is 2.50. The molecule has 2 heterocycles. The van der Waals surface area contributed by atoms with Gasteiger partial charge in [-0.1, -0.05) is 0 Å². The predicted molar refractivity (Wildman–Crippen MR) is 76.7 cm³/mol. The molecular weight excluding hydrogens is 295 g/mol. The maximum Gasteiger partial charge on any atom is 0.361 e. The monoisotopic (exact) mass is 314 g/mol. The zero-order valence-electron chi connectivity index (χ0n) is 12.2. The van der Waals surface area contributed by atoms with Gasteiger partial charge in [-0.2, -0.15) is 0 Å². The second kappa shape index (κ2) is 6.47. The smallest absolute Gasteiger partial charge is 0.361 e. The molecule has 0 spiro atoms. The summed E-state index contributed by atoms with van der Waals surface area (Å²) in [6.45, 7) is 5.59. The molecule has 2 amide bonds. The zero-order valence-corrected chi connectivity index (χ0v) is 13.1. The molecule has 0 radical (unpaired) electrons. The van der Waals surface area contributed by atoms with Crippen molar-refractivity contribution < 1.29 is 22.8 Å². The van der Waals surface area contributed by atoms with Crippen LogP contribution >= 0.6 is 7.60 Å². The van der Waals surface area contributed by atoms with E-state index in [1.807, 2.05) is 0 Å². The van der Waals surface area contributed by atoms with Crippen LogP contribution in [0, 0.1) is 0 Å². The van der Waals surface area contributed by atoms with Crippen LogP contribution in [0.15, 0.2) is 33.8 Å². The summed E-state index contributed by atoms with van der Waals surface area (Å²) in [7, 11) is -3.53. The summed E-state index contributed by atoms with van der Waals surface area (Å²) in [4.78, 5) is 11.7. The van der Waals surface area contributed by atoms with E-state index in [0.717, 1.165) is 0 Å². The number of carbonyl (C=O) groups excluding carboxylic acids is 1. The summed E-state index contributed by atoms with van der Waals surface area (Å²) in [5.41, 5.74) is 0.449. The fourth-order valence-corrected chi connectivity index (χ4v) is 4.23. The first kappa shape index (κ1) is 15.8. The number of amides is 2. The summed E-state index contributed by atoms with van der Waals surface area (Å²) < 4.78 is 29.2. The highest BCUT2D eigenvalue weighted by Crippen LogP contribution is 2.61. The van der Waals surface area contributed by atoms with E-state index in [-0.39, 0.29) is 13.2 Å². The number of furan rings is 1. The minimum Gasteiger partial charge on any atom is -0.467 e. The molecule has 1 aromatic rings. The van der Waals surface area contributed by atoms with Crippen molar-refractivity contribution in [3.05, 3.63) is 35.2 Å². The van der Waals surface area contributed by atoms with Gasteiger partial charge in [-0.05, 0) is 32.9 Å². The number of hydrogen-bond acceptors (Lipinski definition) is 5. The number of rotatable bonds is 6.